The Kier molecular flexibility index (Phi) is 8.98. The van der Waals surface area contributed by atoms with Crippen LogP contribution in [0.2, 0.25) is 0 Å². The fourth-order valence-electron chi connectivity index (χ4n) is 4.19. The number of hydrogen-bond donors (Lipinski definition) is 2. The molecule has 2 heterocycles. The second kappa shape index (κ2) is 11.3. The number of carbonyl (C=O) groups is 1. The second-order valence-corrected chi connectivity index (χ2v) is 11.6. The van der Waals surface area contributed by atoms with Crippen LogP contribution in [-0.2, 0) is 26.1 Å². The van der Waals surface area contributed by atoms with Crippen LogP contribution >= 0.6 is 31.9 Å². The van der Waals surface area contributed by atoms with Gasteiger partial charge >= 0.3 is 0 Å². The summed E-state index contributed by atoms with van der Waals surface area (Å²) in [7, 11) is -2.34. The monoisotopic (exact) mass is 591 g/mol. The summed E-state index contributed by atoms with van der Waals surface area (Å²) >= 11 is 6.74. The van der Waals surface area contributed by atoms with E-state index in [0.29, 0.717) is 41.5 Å². The van der Waals surface area contributed by atoms with E-state index in [9.17, 15) is 13.2 Å². The van der Waals surface area contributed by atoms with Crippen LogP contribution in [0.1, 0.15) is 31.9 Å². The Hall–Kier alpha value is -1.18. The molecular formula is C20H27Br2N5O4S. The number of nitrogens with one attached hydrogen (secondary N) is 2. The van der Waals surface area contributed by atoms with E-state index in [1.54, 1.807) is 31.5 Å². The zero-order valence-corrected chi connectivity index (χ0v) is 21.9. The Morgan fingerprint density at radius 2 is 2.03 bits per heavy atom. The average Bonchev–Trinajstić information content (AvgIpc) is 3.25. The molecule has 0 spiro atoms. The highest BCUT2D eigenvalue weighted by atomic mass is 79.9. The van der Waals surface area contributed by atoms with Gasteiger partial charge in [-0.2, -0.15) is 4.31 Å². The summed E-state index contributed by atoms with van der Waals surface area (Å²) in [5, 5.41) is 13.6. The number of piperidine rings is 1. The van der Waals surface area contributed by atoms with E-state index in [0.717, 1.165) is 12.1 Å². The minimum absolute atomic E-state index is 0.143. The molecule has 0 aliphatic carbocycles. The van der Waals surface area contributed by atoms with Gasteiger partial charge in [0, 0.05) is 41.1 Å². The molecule has 1 aromatic heterocycles. The lowest BCUT2D eigenvalue weighted by Crippen LogP contribution is -2.57. The van der Waals surface area contributed by atoms with E-state index >= 15 is 0 Å². The number of methoxy groups -OCH3 is 1. The average molecular weight is 593 g/mol. The first-order valence-electron chi connectivity index (χ1n) is 10.3. The van der Waals surface area contributed by atoms with E-state index in [2.05, 4.69) is 52.6 Å². The van der Waals surface area contributed by atoms with E-state index in [1.807, 2.05) is 0 Å². The quantitative estimate of drug-likeness (QED) is 0.435. The third kappa shape index (κ3) is 6.03. The lowest BCUT2D eigenvalue weighted by molar-refractivity contribution is -0.122. The number of aromatic nitrogens is 3. The molecule has 3 atom stereocenters. The summed E-state index contributed by atoms with van der Waals surface area (Å²) in [6, 6.07) is 3.83. The maximum absolute atomic E-state index is 13.8. The third-order valence-corrected chi connectivity index (χ3v) is 8.43. The molecule has 0 saturated carbocycles. The van der Waals surface area contributed by atoms with E-state index < -0.39 is 16.1 Å². The Morgan fingerprint density at radius 1 is 1.31 bits per heavy atom. The van der Waals surface area contributed by atoms with Crippen LogP contribution in [0.4, 0.5) is 0 Å². The molecule has 1 aliphatic heterocycles. The van der Waals surface area contributed by atoms with Crippen LogP contribution in [0.5, 0.6) is 0 Å². The zero-order valence-electron chi connectivity index (χ0n) is 17.9. The fraction of sp³-hybridized carbons (Fsp3) is 0.550. The molecule has 9 nitrogen and oxygen atoms in total. The Morgan fingerprint density at radius 3 is 2.62 bits per heavy atom. The van der Waals surface area contributed by atoms with Gasteiger partial charge < -0.3 is 10.1 Å². The highest BCUT2D eigenvalue weighted by molar-refractivity contribution is 9.11. The van der Waals surface area contributed by atoms with Crippen molar-refractivity contribution in [3.63, 3.8) is 0 Å². The topological polar surface area (TPSA) is 117 Å². The number of benzene rings is 1. The number of ether oxygens (including phenoxy) is 1. The van der Waals surface area contributed by atoms with Gasteiger partial charge in [0.2, 0.25) is 10.0 Å². The van der Waals surface area contributed by atoms with E-state index in [-0.39, 0.29) is 22.6 Å². The molecule has 2 N–H and O–H groups in total. The van der Waals surface area contributed by atoms with Crippen LogP contribution in [-0.4, -0.2) is 66.3 Å². The van der Waals surface area contributed by atoms with Gasteiger partial charge in [0.15, 0.2) is 0 Å². The molecule has 1 fully saturated rings. The number of sulfonamides is 1. The molecule has 1 unspecified atom stereocenters. The highest BCUT2D eigenvalue weighted by Gasteiger charge is 2.44. The maximum Gasteiger partial charge on any atom is 0.244 e. The molecule has 1 aliphatic rings. The number of hydrogen-bond acceptors (Lipinski definition) is 7. The van der Waals surface area contributed by atoms with Crippen molar-refractivity contribution in [3.05, 3.63) is 39.0 Å². The number of ketones is 1. The summed E-state index contributed by atoms with van der Waals surface area (Å²) < 4.78 is 35.8. The summed E-state index contributed by atoms with van der Waals surface area (Å²) in [6.07, 6.45) is 3.56. The van der Waals surface area contributed by atoms with Gasteiger partial charge in [0.05, 0.1) is 29.4 Å². The van der Waals surface area contributed by atoms with Gasteiger partial charge in [-0.3, -0.25) is 9.89 Å². The van der Waals surface area contributed by atoms with Crippen LogP contribution < -0.4 is 5.32 Å². The van der Waals surface area contributed by atoms with Crippen molar-refractivity contribution in [3.8, 4) is 0 Å². The highest BCUT2D eigenvalue weighted by Crippen LogP contribution is 2.35. The first-order valence-corrected chi connectivity index (χ1v) is 13.3. The Labute approximate surface area is 205 Å². The van der Waals surface area contributed by atoms with Crippen molar-refractivity contribution in [1.29, 1.82) is 0 Å². The van der Waals surface area contributed by atoms with Gasteiger partial charge in [-0.1, -0.05) is 37.1 Å². The van der Waals surface area contributed by atoms with Gasteiger partial charge in [0.1, 0.15) is 5.78 Å². The molecule has 176 valence electrons. The molecule has 1 saturated heterocycles. The first kappa shape index (κ1) is 25.4. The smallest absolute Gasteiger partial charge is 0.244 e. The molecule has 12 heteroatoms. The predicted molar refractivity (Wildman–Crippen MR) is 126 cm³/mol. The molecule has 1 aromatic carbocycles. The van der Waals surface area contributed by atoms with Crippen molar-refractivity contribution in [2.45, 2.75) is 49.7 Å². The summed E-state index contributed by atoms with van der Waals surface area (Å²) in [5.74, 6) is -0.302. The Balaban J connectivity index is 1.93. The standard InChI is InChI=1S/C20H27Br2N5O4S/c1-13(28)19-4-3-5-20(14(12-31-2)9-23-10-17-11-24-26-25-17)27(19)32(29,30)18-7-15(21)6-16(22)8-18/h6-8,11,14,19-20,23H,3-5,9-10,12H2,1-2H3,(H,24,25,26)/t14-,19?,20+/m1/s1. The summed E-state index contributed by atoms with van der Waals surface area (Å²) in [5.41, 5.74) is 0.829. The number of carbonyl (C=O) groups excluding carboxylic acids is 1. The first-order chi connectivity index (χ1) is 15.2. The second-order valence-electron chi connectivity index (χ2n) is 7.89. The van der Waals surface area contributed by atoms with Crippen LogP contribution in [0.15, 0.2) is 38.2 Å². The molecule has 0 amide bonds. The van der Waals surface area contributed by atoms with Gasteiger partial charge in [-0.25, -0.2) is 8.42 Å². The van der Waals surface area contributed by atoms with Crippen LogP contribution in [0.3, 0.4) is 0 Å². The van der Waals surface area contributed by atoms with Gasteiger partial charge in [-0.05, 0) is 44.4 Å². The third-order valence-electron chi connectivity index (χ3n) is 5.60. The zero-order chi connectivity index (χ0) is 23.3. The SMILES string of the molecule is COC[C@@H](CNCc1cnn[nH]1)[C@@H]1CCCC(C(C)=O)N1S(=O)(=O)c1cc(Br)cc(Br)c1. The van der Waals surface area contributed by atoms with Crippen LogP contribution in [0.25, 0.3) is 0 Å². The lowest BCUT2D eigenvalue weighted by Gasteiger charge is -2.43. The number of nitrogens with zero attached hydrogens (tertiary/aromatic N) is 3. The number of halogens is 2. The molecule has 0 bridgehead atoms. The lowest BCUT2D eigenvalue weighted by atomic mass is 9.88. The number of H-pyrrole nitrogens is 1. The summed E-state index contributed by atoms with van der Waals surface area (Å²) in [6.45, 7) is 2.84. The molecule has 3 rings (SSSR count). The normalized spacial score (nSPS) is 20.9. The van der Waals surface area contributed by atoms with Gasteiger partial charge in [0.25, 0.3) is 0 Å². The number of Topliss-reactive ketones (excluding diaryl/α,β-unsaturated/α-hetero) is 1. The fourth-order valence-corrected chi connectivity index (χ4v) is 7.81. The largest absolute Gasteiger partial charge is 0.384 e. The summed E-state index contributed by atoms with van der Waals surface area (Å²) in [4.78, 5) is 12.7. The Bertz CT molecular complexity index is 999. The van der Waals surface area contributed by atoms with E-state index in [4.69, 9.17) is 4.74 Å². The molecule has 2 aromatic rings. The molecule has 32 heavy (non-hydrogen) atoms. The van der Waals surface area contributed by atoms with Gasteiger partial charge in [-0.15, -0.1) is 5.10 Å². The minimum atomic E-state index is -3.94. The van der Waals surface area contributed by atoms with Crippen molar-refractivity contribution in [1.82, 2.24) is 25.0 Å². The van der Waals surface area contributed by atoms with E-state index in [1.165, 1.54) is 11.2 Å². The van der Waals surface area contributed by atoms with Crippen LogP contribution in [0, 0.1) is 5.92 Å². The van der Waals surface area contributed by atoms with Crippen molar-refractivity contribution >= 4 is 47.7 Å². The number of rotatable bonds is 10. The number of aromatic amines is 1. The minimum Gasteiger partial charge on any atom is -0.384 e. The molecular weight excluding hydrogens is 566 g/mol. The molecule has 0 radical (unpaired) electrons. The predicted octanol–water partition coefficient (Wildman–Crippen LogP) is 2.88. The maximum atomic E-state index is 13.8. The van der Waals surface area contributed by atoms with Crippen molar-refractivity contribution in [2.24, 2.45) is 5.92 Å². The van der Waals surface area contributed by atoms with Crippen molar-refractivity contribution in [2.75, 3.05) is 20.3 Å². The van der Waals surface area contributed by atoms with Crippen molar-refractivity contribution < 1.29 is 17.9 Å².